The van der Waals surface area contributed by atoms with Gasteiger partial charge >= 0.3 is 0 Å². The van der Waals surface area contributed by atoms with E-state index in [0.717, 1.165) is 22.6 Å². The second kappa shape index (κ2) is 7.31. The lowest BCUT2D eigenvalue weighted by Gasteiger charge is -2.20. The first-order valence-corrected chi connectivity index (χ1v) is 9.66. The standard InChI is InChI=1S/C22H24O7/c1-23-18-7-13(8-19(24-2)22(18)25-3)21-15-10-26-20(14(15)9-27-21)12-4-5-16-17(6-12)29-11-28-16/h4-8,14-15,20-21H,9-11H2,1-3H3/t14-,15-,20+,21+/m0/s1. The van der Waals surface area contributed by atoms with E-state index in [1.165, 1.54) is 0 Å². The Bertz CT molecular complexity index is 887. The molecule has 2 saturated heterocycles. The minimum absolute atomic E-state index is 0.0264. The van der Waals surface area contributed by atoms with E-state index in [2.05, 4.69) is 0 Å². The highest BCUT2D eigenvalue weighted by atomic mass is 16.7. The minimum atomic E-state index is -0.0901. The van der Waals surface area contributed by atoms with Crippen molar-refractivity contribution in [2.75, 3.05) is 41.3 Å². The Kier molecular flexibility index (Phi) is 4.64. The number of rotatable bonds is 5. The van der Waals surface area contributed by atoms with Crippen molar-refractivity contribution < 1.29 is 33.2 Å². The van der Waals surface area contributed by atoms with Gasteiger partial charge in [0.2, 0.25) is 12.5 Å². The van der Waals surface area contributed by atoms with Gasteiger partial charge in [0.15, 0.2) is 23.0 Å². The van der Waals surface area contributed by atoms with Crippen molar-refractivity contribution in [2.45, 2.75) is 12.2 Å². The van der Waals surface area contributed by atoms with E-state index in [1.807, 2.05) is 30.3 Å². The third-order valence-corrected chi connectivity index (χ3v) is 6.00. The van der Waals surface area contributed by atoms with Crippen LogP contribution < -0.4 is 23.7 Å². The van der Waals surface area contributed by atoms with E-state index in [0.29, 0.717) is 30.5 Å². The van der Waals surface area contributed by atoms with E-state index in [1.54, 1.807) is 21.3 Å². The summed E-state index contributed by atoms with van der Waals surface area (Å²) in [5.74, 6) is 3.89. The third kappa shape index (κ3) is 2.96. The second-order valence-electron chi connectivity index (χ2n) is 7.41. The summed E-state index contributed by atoms with van der Waals surface area (Å²) in [4.78, 5) is 0. The average Bonchev–Trinajstić information content (AvgIpc) is 3.47. The van der Waals surface area contributed by atoms with Crippen LogP contribution in [0.3, 0.4) is 0 Å². The lowest BCUT2D eigenvalue weighted by molar-refractivity contribution is 0.0191. The van der Waals surface area contributed by atoms with Crippen molar-refractivity contribution >= 4 is 0 Å². The van der Waals surface area contributed by atoms with Crippen molar-refractivity contribution in [2.24, 2.45) is 11.8 Å². The lowest BCUT2D eigenvalue weighted by Crippen LogP contribution is -2.14. The summed E-state index contributed by atoms with van der Waals surface area (Å²) >= 11 is 0. The summed E-state index contributed by atoms with van der Waals surface area (Å²) in [6.45, 7) is 1.53. The molecular formula is C22H24O7. The molecule has 2 aromatic rings. The summed E-state index contributed by atoms with van der Waals surface area (Å²) in [7, 11) is 4.84. The number of fused-ring (bicyclic) bond motifs is 2. The average molecular weight is 400 g/mol. The molecule has 4 atom stereocenters. The Balaban J connectivity index is 1.42. The van der Waals surface area contributed by atoms with Crippen molar-refractivity contribution in [1.82, 2.24) is 0 Å². The van der Waals surface area contributed by atoms with Crippen molar-refractivity contribution in [3.05, 3.63) is 41.5 Å². The first-order chi connectivity index (χ1) is 14.2. The fourth-order valence-corrected chi connectivity index (χ4v) is 4.59. The molecular weight excluding hydrogens is 376 g/mol. The van der Waals surface area contributed by atoms with E-state index < -0.39 is 0 Å². The van der Waals surface area contributed by atoms with Gasteiger partial charge in [0.25, 0.3) is 0 Å². The lowest BCUT2D eigenvalue weighted by atomic mass is 9.85. The number of hydrogen-bond acceptors (Lipinski definition) is 7. The van der Waals surface area contributed by atoms with Gasteiger partial charge in [0.1, 0.15) is 0 Å². The zero-order valence-corrected chi connectivity index (χ0v) is 16.7. The van der Waals surface area contributed by atoms with Gasteiger partial charge < -0.3 is 33.2 Å². The largest absolute Gasteiger partial charge is 0.493 e. The van der Waals surface area contributed by atoms with Gasteiger partial charge in [-0.25, -0.2) is 0 Å². The minimum Gasteiger partial charge on any atom is -0.493 e. The van der Waals surface area contributed by atoms with Crippen LogP contribution in [0.5, 0.6) is 28.7 Å². The Hall–Kier alpha value is -2.64. The molecule has 0 N–H and O–H groups in total. The molecule has 0 bridgehead atoms. The Morgan fingerprint density at radius 3 is 1.97 bits per heavy atom. The fourth-order valence-electron chi connectivity index (χ4n) is 4.59. The first-order valence-electron chi connectivity index (χ1n) is 9.66. The number of hydrogen-bond donors (Lipinski definition) is 0. The molecule has 7 heteroatoms. The van der Waals surface area contributed by atoms with E-state index in [9.17, 15) is 0 Å². The zero-order chi connectivity index (χ0) is 20.0. The molecule has 154 valence electrons. The highest BCUT2D eigenvalue weighted by molar-refractivity contribution is 5.54. The quantitative estimate of drug-likeness (QED) is 0.761. The van der Waals surface area contributed by atoms with Crippen LogP contribution in [0.15, 0.2) is 30.3 Å². The highest BCUT2D eigenvalue weighted by Gasteiger charge is 2.48. The summed E-state index contributed by atoms with van der Waals surface area (Å²) in [6.07, 6.45) is -0.116. The van der Waals surface area contributed by atoms with Crippen LogP contribution in [0, 0.1) is 11.8 Å². The topological polar surface area (TPSA) is 64.6 Å². The van der Waals surface area contributed by atoms with Crippen molar-refractivity contribution in [3.8, 4) is 28.7 Å². The van der Waals surface area contributed by atoms with Crippen LogP contribution in [0.4, 0.5) is 0 Å². The van der Waals surface area contributed by atoms with Crippen LogP contribution in [-0.4, -0.2) is 41.3 Å². The maximum Gasteiger partial charge on any atom is 0.231 e. The second-order valence-corrected chi connectivity index (χ2v) is 7.41. The number of ether oxygens (including phenoxy) is 7. The monoisotopic (exact) mass is 400 g/mol. The maximum atomic E-state index is 6.24. The van der Waals surface area contributed by atoms with Crippen LogP contribution in [0.2, 0.25) is 0 Å². The zero-order valence-electron chi connectivity index (χ0n) is 16.7. The first kappa shape index (κ1) is 18.4. The Morgan fingerprint density at radius 2 is 1.34 bits per heavy atom. The molecule has 7 nitrogen and oxygen atoms in total. The smallest absolute Gasteiger partial charge is 0.231 e. The molecule has 0 unspecified atom stereocenters. The fraction of sp³-hybridized carbons (Fsp3) is 0.455. The molecule has 2 aromatic carbocycles. The van der Waals surface area contributed by atoms with Crippen LogP contribution in [0.1, 0.15) is 23.3 Å². The van der Waals surface area contributed by atoms with Gasteiger partial charge in [0, 0.05) is 11.8 Å². The molecule has 29 heavy (non-hydrogen) atoms. The molecule has 0 saturated carbocycles. The molecule has 0 aromatic heterocycles. The normalized spacial score (nSPS) is 27.0. The van der Waals surface area contributed by atoms with E-state index in [-0.39, 0.29) is 30.8 Å². The van der Waals surface area contributed by atoms with Crippen LogP contribution in [0.25, 0.3) is 0 Å². The maximum absolute atomic E-state index is 6.24. The van der Waals surface area contributed by atoms with Gasteiger partial charge in [-0.15, -0.1) is 0 Å². The van der Waals surface area contributed by atoms with Crippen molar-refractivity contribution in [1.29, 1.82) is 0 Å². The Labute approximate surface area is 169 Å². The molecule has 0 spiro atoms. The summed E-state index contributed by atoms with van der Waals surface area (Å²) in [5, 5.41) is 0. The summed E-state index contributed by atoms with van der Waals surface area (Å²) in [5.41, 5.74) is 2.10. The van der Waals surface area contributed by atoms with Gasteiger partial charge in [0.05, 0.1) is 46.8 Å². The predicted molar refractivity (Wildman–Crippen MR) is 103 cm³/mol. The molecule has 0 aliphatic carbocycles. The van der Waals surface area contributed by atoms with Gasteiger partial charge in [-0.3, -0.25) is 0 Å². The molecule has 0 radical (unpaired) electrons. The molecule has 2 fully saturated rings. The molecule has 0 amide bonds. The summed E-state index contributed by atoms with van der Waals surface area (Å²) < 4.78 is 39.8. The van der Waals surface area contributed by atoms with Gasteiger partial charge in [-0.2, -0.15) is 0 Å². The number of benzene rings is 2. The molecule has 3 aliphatic heterocycles. The van der Waals surface area contributed by atoms with Crippen molar-refractivity contribution in [3.63, 3.8) is 0 Å². The molecule has 3 aliphatic rings. The van der Waals surface area contributed by atoms with Gasteiger partial charge in [-0.05, 0) is 35.4 Å². The molecule has 5 rings (SSSR count). The Morgan fingerprint density at radius 1 is 0.724 bits per heavy atom. The van der Waals surface area contributed by atoms with Gasteiger partial charge in [-0.1, -0.05) is 6.07 Å². The summed E-state index contributed by atoms with van der Waals surface area (Å²) in [6, 6.07) is 9.93. The third-order valence-electron chi connectivity index (χ3n) is 6.00. The molecule has 3 heterocycles. The van der Waals surface area contributed by atoms with E-state index >= 15 is 0 Å². The highest BCUT2D eigenvalue weighted by Crippen LogP contribution is 2.52. The number of methoxy groups -OCH3 is 3. The van der Waals surface area contributed by atoms with E-state index in [4.69, 9.17) is 33.2 Å². The van der Waals surface area contributed by atoms with Crippen LogP contribution in [-0.2, 0) is 9.47 Å². The SMILES string of the molecule is COc1cc([C@H]2OC[C@H]3[C@@H]2CO[C@@H]3c2ccc3c(c2)OCO3)cc(OC)c1OC. The predicted octanol–water partition coefficient (Wildman–Crippen LogP) is 3.52. The van der Waals surface area contributed by atoms with Crippen LogP contribution >= 0.6 is 0 Å².